The van der Waals surface area contributed by atoms with Gasteiger partial charge in [-0.3, -0.25) is 9.09 Å². The highest BCUT2D eigenvalue weighted by molar-refractivity contribution is 7.53. The average molecular weight is 682 g/mol. The summed E-state index contributed by atoms with van der Waals surface area (Å²) in [5.41, 5.74) is 1.56. The van der Waals surface area contributed by atoms with Gasteiger partial charge in [0.2, 0.25) is 5.85 Å². The van der Waals surface area contributed by atoms with Gasteiger partial charge >= 0.3 is 31.7 Å². The lowest BCUT2D eigenvalue weighted by Gasteiger charge is -2.34. The number of likely N-dealkylation sites (tertiary alicyclic amines) is 1. The summed E-state index contributed by atoms with van der Waals surface area (Å²) in [5.74, 6) is -3.41. The molecule has 0 bridgehead atoms. The highest BCUT2D eigenvalue weighted by Gasteiger charge is 2.56. The molecule has 48 heavy (non-hydrogen) atoms. The SMILES string of the molecule is C[C@@H]1CCC[N+]1(C(=O)O)C(=O)C(CCCCNC(=O)OCc1ccccc1)OP(=O)(O)[C@@H](Cc1ccccc1)OC(=O)c1ccccc1. The Bertz CT molecular complexity index is 1570. The fourth-order valence-corrected chi connectivity index (χ4v) is 7.10. The number of carboxylic acid groups (broad SMARTS) is 1. The summed E-state index contributed by atoms with van der Waals surface area (Å²) >= 11 is 0. The van der Waals surface area contributed by atoms with Gasteiger partial charge in [-0.15, -0.1) is 0 Å². The zero-order valence-electron chi connectivity index (χ0n) is 26.8. The summed E-state index contributed by atoms with van der Waals surface area (Å²) < 4.78 is 29.6. The van der Waals surface area contributed by atoms with Crippen molar-refractivity contribution < 1.29 is 52.2 Å². The molecule has 12 nitrogen and oxygen atoms in total. The van der Waals surface area contributed by atoms with Crippen LogP contribution in [0.15, 0.2) is 91.0 Å². The second-order valence-electron chi connectivity index (χ2n) is 11.8. The number of carbonyl (C=O) groups is 4. The molecule has 3 unspecified atom stereocenters. The number of amides is 3. The number of carbonyl (C=O) groups excluding carboxylic acids is 3. The van der Waals surface area contributed by atoms with Gasteiger partial charge in [-0.25, -0.2) is 14.4 Å². The van der Waals surface area contributed by atoms with E-state index >= 15 is 0 Å². The topological polar surface area (TPSA) is 166 Å². The standard InChI is InChI=1S/C35H41N2O10P/c1-26-14-13-23-37(26,35(41)42)32(38)30(21-11-12-22-36-34(40)45-25-28-17-7-3-8-18-28)47-48(43,44)31(24-27-15-5-2-6-16-27)46-33(39)29-19-9-4-10-20-29/h2-10,15-20,26,30-31H,11-14,21-25H2,1H3,(H2-,36,40,41,42,43,44)/p+1/t26-,30?,31+,37?/m1/s1. The molecule has 1 fully saturated rings. The van der Waals surface area contributed by atoms with Crippen molar-refractivity contribution in [3.8, 4) is 0 Å². The first-order valence-electron chi connectivity index (χ1n) is 15.9. The zero-order chi connectivity index (χ0) is 34.6. The Morgan fingerprint density at radius 3 is 2.10 bits per heavy atom. The number of benzene rings is 3. The first-order chi connectivity index (χ1) is 23.0. The molecule has 0 aromatic heterocycles. The number of hydrogen-bond donors (Lipinski definition) is 3. The van der Waals surface area contributed by atoms with Crippen LogP contribution < -0.4 is 5.32 Å². The Morgan fingerprint density at radius 1 is 0.917 bits per heavy atom. The van der Waals surface area contributed by atoms with Crippen LogP contribution >= 0.6 is 7.60 Å². The van der Waals surface area contributed by atoms with E-state index in [0.717, 1.165) is 5.56 Å². The number of imide groups is 1. The first kappa shape index (κ1) is 36.5. The normalized spacial score (nSPS) is 19.8. The van der Waals surface area contributed by atoms with E-state index in [1.54, 1.807) is 55.5 Å². The maximum Gasteiger partial charge on any atom is 0.521 e. The average Bonchev–Trinajstić information content (AvgIpc) is 3.49. The van der Waals surface area contributed by atoms with E-state index in [-0.39, 0.29) is 44.5 Å². The van der Waals surface area contributed by atoms with E-state index in [2.05, 4.69) is 5.32 Å². The number of alkyl carbamates (subject to hydrolysis) is 1. The largest absolute Gasteiger partial charge is 0.521 e. The number of rotatable bonds is 15. The third-order valence-corrected chi connectivity index (χ3v) is 9.99. The van der Waals surface area contributed by atoms with Crippen LogP contribution in [0, 0.1) is 0 Å². The van der Waals surface area contributed by atoms with Crippen molar-refractivity contribution in [3.05, 3.63) is 108 Å². The number of esters is 1. The van der Waals surface area contributed by atoms with Crippen molar-refractivity contribution in [2.24, 2.45) is 0 Å². The van der Waals surface area contributed by atoms with E-state index in [1.165, 1.54) is 12.1 Å². The molecule has 4 rings (SSSR count). The van der Waals surface area contributed by atoms with Gasteiger partial charge in [-0.05, 0) is 49.4 Å². The second kappa shape index (κ2) is 17.2. The number of hydrogen-bond acceptors (Lipinski definition) is 8. The number of quaternary nitrogens is 1. The first-order valence-corrected chi connectivity index (χ1v) is 17.6. The predicted molar refractivity (Wildman–Crippen MR) is 176 cm³/mol. The van der Waals surface area contributed by atoms with Crippen molar-refractivity contribution in [1.29, 1.82) is 0 Å². The molecule has 1 heterocycles. The van der Waals surface area contributed by atoms with Gasteiger partial charge in [0.25, 0.3) is 0 Å². The highest BCUT2D eigenvalue weighted by atomic mass is 31.2. The van der Waals surface area contributed by atoms with E-state index < -0.39 is 54.1 Å². The van der Waals surface area contributed by atoms with Gasteiger partial charge in [0.15, 0.2) is 6.10 Å². The molecule has 3 amide bonds. The zero-order valence-corrected chi connectivity index (χ0v) is 27.7. The van der Waals surface area contributed by atoms with Crippen LogP contribution in [-0.2, 0) is 36.4 Å². The number of unbranched alkanes of at least 4 members (excludes halogenated alkanes) is 1. The molecule has 0 saturated carbocycles. The summed E-state index contributed by atoms with van der Waals surface area (Å²) in [6.45, 7) is 1.93. The Morgan fingerprint density at radius 2 is 1.52 bits per heavy atom. The lowest BCUT2D eigenvalue weighted by atomic mass is 10.1. The number of nitrogens with zero attached hydrogens (tertiary/aromatic N) is 1. The third kappa shape index (κ3) is 9.60. The quantitative estimate of drug-likeness (QED) is 0.0719. The van der Waals surface area contributed by atoms with Crippen molar-refractivity contribution in [3.63, 3.8) is 0 Å². The predicted octanol–water partition coefficient (Wildman–Crippen LogP) is 6.28. The minimum Gasteiger partial charge on any atom is -0.445 e. The van der Waals surface area contributed by atoms with Crippen molar-refractivity contribution in [2.45, 2.75) is 70.0 Å². The maximum absolute atomic E-state index is 14.1. The second-order valence-corrected chi connectivity index (χ2v) is 13.7. The molecular formula is C35H42N2O10P+. The van der Waals surface area contributed by atoms with Crippen LogP contribution in [0.1, 0.15) is 60.5 Å². The van der Waals surface area contributed by atoms with E-state index in [0.29, 0.717) is 24.8 Å². The van der Waals surface area contributed by atoms with Crippen LogP contribution in [0.4, 0.5) is 9.59 Å². The minimum atomic E-state index is -4.94. The Kier molecular flexibility index (Phi) is 13.0. The summed E-state index contributed by atoms with van der Waals surface area (Å²) in [6, 6.07) is 25.1. The minimum absolute atomic E-state index is 0.0101. The van der Waals surface area contributed by atoms with Crippen molar-refractivity contribution in [1.82, 2.24) is 5.32 Å². The Balaban J connectivity index is 1.49. The lowest BCUT2D eigenvalue weighted by molar-refractivity contribution is -0.794. The fourth-order valence-electron chi connectivity index (χ4n) is 5.74. The molecule has 0 spiro atoms. The Hall–Kier alpha value is -4.35. The van der Waals surface area contributed by atoms with Crippen molar-refractivity contribution in [2.75, 3.05) is 13.1 Å². The Labute approximate surface area is 279 Å². The lowest BCUT2D eigenvalue weighted by Crippen LogP contribution is -2.62. The molecule has 1 saturated heterocycles. The van der Waals surface area contributed by atoms with Gasteiger partial charge < -0.3 is 24.8 Å². The van der Waals surface area contributed by atoms with Gasteiger partial charge in [0.1, 0.15) is 12.6 Å². The maximum atomic E-state index is 14.1. The smallest absolute Gasteiger partial charge is 0.445 e. The van der Waals surface area contributed by atoms with Crippen LogP contribution in [0.3, 0.4) is 0 Å². The molecule has 3 aromatic rings. The van der Waals surface area contributed by atoms with Gasteiger partial charge in [0.05, 0.1) is 12.1 Å². The third-order valence-electron chi connectivity index (χ3n) is 8.42. The van der Waals surface area contributed by atoms with Crippen LogP contribution in [0.2, 0.25) is 0 Å². The molecular weight excluding hydrogens is 639 g/mol. The molecule has 1 aliphatic heterocycles. The molecule has 0 radical (unpaired) electrons. The molecule has 5 atom stereocenters. The van der Waals surface area contributed by atoms with Crippen LogP contribution in [0.25, 0.3) is 0 Å². The van der Waals surface area contributed by atoms with E-state index in [4.69, 9.17) is 14.0 Å². The van der Waals surface area contributed by atoms with Gasteiger partial charge in [-0.2, -0.15) is 9.28 Å². The summed E-state index contributed by atoms with van der Waals surface area (Å²) in [4.78, 5) is 63.2. The highest BCUT2D eigenvalue weighted by Crippen LogP contribution is 2.52. The number of nitrogens with one attached hydrogen (secondary N) is 1. The summed E-state index contributed by atoms with van der Waals surface area (Å²) in [6.07, 6.45) is -2.41. The molecule has 1 aliphatic rings. The summed E-state index contributed by atoms with van der Waals surface area (Å²) in [5, 5.41) is 12.9. The van der Waals surface area contributed by atoms with Crippen molar-refractivity contribution >= 4 is 31.7 Å². The molecule has 0 aliphatic carbocycles. The monoisotopic (exact) mass is 681 g/mol. The molecule has 256 valence electrons. The van der Waals surface area contributed by atoms with Gasteiger partial charge in [0, 0.05) is 25.8 Å². The number of ether oxygens (including phenoxy) is 2. The summed E-state index contributed by atoms with van der Waals surface area (Å²) in [7, 11) is -4.94. The van der Waals surface area contributed by atoms with Crippen LogP contribution in [0.5, 0.6) is 0 Å². The molecule has 3 aromatic carbocycles. The van der Waals surface area contributed by atoms with Gasteiger partial charge in [-0.1, -0.05) is 78.9 Å². The molecule has 13 heteroatoms. The molecule has 3 N–H and O–H groups in total. The van der Waals surface area contributed by atoms with Crippen LogP contribution in [-0.4, -0.2) is 69.6 Å². The van der Waals surface area contributed by atoms with E-state index in [9.17, 15) is 33.7 Å². The van der Waals surface area contributed by atoms with E-state index in [1.807, 2.05) is 30.3 Å². The fraction of sp³-hybridized carbons (Fsp3) is 0.371.